The smallest absolute Gasteiger partial charge is 0.338 e. The van der Waals surface area contributed by atoms with E-state index in [0.29, 0.717) is 34.9 Å². The maximum Gasteiger partial charge on any atom is 0.338 e. The van der Waals surface area contributed by atoms with E-state index in [9.17, 15) is 14.4 Å². The van der Waals surface area contributed by atoms with E-state index >= 15 is 0 Å². The summed E-state index contributed by atoms with van der Waals surface area (Å²) in [5, 5.41) is 2.64. The average Bonchev–Trinajstić information content (AvgIpc) is 3.29. The van der Waals surface area contributed by atoms with Gasteiger partial charge in [0.05, 0.1) is 17.4 Å². The fourth-order valence-electron chi connectivity index (χ4n) is 3.21. The van der Waals surface area contributed by atoms with Gasteiger partial charge in [-0.05, 0) is 55.3 Å². The molecule has 0 saturated carbocycles. The molecular weight excluding hydrogens is 390 g/mol. The summed E-state index contributed by atoms with van der Waals surface area (Å²) < 4.78 is 21.5. The second-order valence-corrected chi connectivity index (χ2v) is 7.02. The lowest BCUT2D eigenvalue weighted by Crippen LogP contribution is -2.25. The zero-order valence-corrected chi connectivity index (χ0v) is 16.2. The molecule has 1 amide bonds. The van der Waals surface area contributed by atoms with Crippen LogP contribution in [0.3, 0.4) is 0 Å². The van der Waals surface area contributed by atoms with Gasteiger partial charge in [0.2, 0.25) is 0 Å². The number of esters is 1. The lowest BCUT2D eigenvalue weighted by Gasteiger charge is -2.18. The van der Waals surface area contributed by atoms with Crippen molar-refractivity contribution < 1.29 is 33.3 Å². The van der Waals surface area contributed by atoms with Crippen molar-refractivity contribution >= 4 is 23.3 Å². The summed E-state index contributed by atoms with van der Waals surface area (Å²) in [5.74, 6) is -0.158. The van der Waals surface area contributed by atoms with Gasteiger partial charge in [0.25, 0.3) is 5.91 Å². The van der Waals surface area contributed by atoms with Gasteiger partial charge in [-0.1, -0.05) is 0 Å². The van der Waals surface area contributed by atoms with Gasteiger partial charge in [0, 0.05) is 12.2 Å². The Balaban J connectivity index is 1.29. The van der Waals surface area contributed by atoms with Gasteiger partial charge in [-0.3, -0.25) is 9.59 Å². The maximum atomic E-state index is 12.4. The van der Waals surface area contributed by atoms with Crippen LogP contribution in [0, 0.1) is 0 Å². The number of benzene rings is 2. The predicted molar refractivity (Wildman–Crippen MR) is 106 cm³/mol. The largest absolute Gasteiger partial charge is 0.491 e. The molecule has 8 heteroatoms. The van der Waals surface area contributed by atoms with E-state index in [1.807, 2.05) is 0 Å². The van der Waals surface area contributed by atoms with E-state index in [1.54, 1.807) is 36.4 Å². The highest BCUT2D eigenvalue weighted by atomic mass is 16.5. The quantitative estimate of drug-likeness (QED) is 0.552. The van der Waals surface area contributed by atoms with Crippen LogP contribution < -0.4 is 14.8 Å². The summed E-state index contributed by atoms with van der Waals surface area (Å²) in [4.78, 5) is 36.0. The molecule has 30 heavy (non-hydrogen) atoms. The summed E-state index contributed by atoms with van der Waals surface area (Å²) in [5.41, 5.74) is 1.05. The van der Waals surface area contributed by atoms with Gasteiger partial charge in [0.15, 0.2) is 19.0 Å². The van der Waals surface area contributed by atoms with Crippen LogP contribution in [0.1, 0.15) is 33.6 Å². The third-order valence-electron chi connectivity index (χ3n) is 4.82. The molecule has 2 heterocycles. The monoisotopic (exact) mass is 411 g/mol. The molecule has 4 rings (SSSR count). The number of fused-ring (bicyclic) bond motifs is 1. The summed E-state index contributed by atoms with van der Waals surface area (Å²) >= 11 is 0. The molecule has 0 unspecified atom stereocenters. The number of carbonyl (C=O) groups excluding carboxylic acids is 3. The lowest BCUT2D eigenvalue weighted by molar-refractivity contribution is -0.118. The molecule has 1 N–H and O–H groups in total. The normalized spacial score (nSPS) is 17.5. The first-order valence-electron chi connectivity index (χ1n) is 9.70. The van der Waals surface area contributed by atoms with E-state index in [1.165, 1.54) is 6.07 Å². The SMILES string of the molecule is O=C1COc2ccc(C(=O)COC(=O)c3ccc(OC[C@@H]4CCCO4)cc3)cc2N1. The number of carbonyl (C=O) groups is 3. The fourth-order valence-corrected chi connectivity index (χ4v) is 3.21. The fraction of sp³-hybridized carbons (Fsp3) is 0.318. The minimum absolute atomic E-state index is 0.0594. The number of anilines is 1. The van der Waals surface area contributed by atoms with Crippen LogP contribution in [-0.2, 0) is 14.3 Å². The molecule has 2 aliphatic rings. The van der Waals surface area contributed by atoms with E-state index in [2.05, 4.69) is 5.32 Å². The Morgan fingerprint density at radius 1 is 1.10 bits per heavy atom. The molecule has 2 aliphatic heterocycles. The van der Waals surface area contributed by atoms with Crippen LogP contribution in [0.5, 0.6) is 11.5 Å². The number of nitrogens with one attached hydrogen (secondary N) is 1. The number of Topliss-reactive ketones (excluding diaryl/α,β-unsaturated/α-hetero) is 1. The van der Waals surface area contributed by atoms with Gasteiger partial charge < -0.3 is 24.3 Å². The topological polar surface area (TPSA) is 100 Å². The summed E-state index contributed by atoms with van der Waals surface area (Å²) in [6.07, 6.45) is 2.15. The third kappa shape index (κ3) is 4.77. The standard InChI is InChI=1S/C22H21NO7/c24-19(15-5-8-20-18(10-15)23-21(25)13-29-20)12-30-22(26)14-3-6-16(7-4-14)28-11-17-2-1-9-27-17/h3-8,10,17H,1-2,9,11-13H2,(H,23,25)/t17-/m0/s1. The number of ketones is 1. The van der Waals surface area contributed by atoms with Crippen molar-refractivity contribution in [3.63, 3.8) is 0 Å². The lowest BCUT2D eigenvalue weighted by atomic mass is 10.1. The van der Waals surface area contributed by atoms with E-state index in [4.69, 9.17) is 18.9 Å². The van der Waals surface area contributed by atoms with Crippen molar-refractivity contribution in [1.82, 2.24) is 0 Å². The molecular formula is C22H21NO7. The molecule has 1 atom stereocenters. The molecule has 0 aliphatic carbocycles. The van der Waals surface area contributed by atoms with Crippen molar-refractivity contribution in [2.45, 2.75) is 18.9 Å². The molecule has 0 spiro atoms. The highest BCUT2D eigenvalue weighted by Gasteiger charge is 2.19. The zero-order chi connectivity index (χ0) is 20.9. The van der Waals surface area contributed by atoms with Gasteiger partial charge in [-0.25, -0.2) is 4.79 Å². The van der Waals surface area contributed by atoms with Crippen molar-refractivity contribution in [2.24, 2.45) is 0 Å². The second-order valence-electron chi connectivity index (χ2n) is 7.02. The second kappa shape index (κ2) is 8.96. The van der Waals surface area contributed by atoms with Crippen molar-refractivity contribution in [3.8, 4) is 11.5 Å². The Bertz CT molecular complexity index is 948. The molecule has 0 radical (unpaired) electrons. The first-order valence-corrected chi connectivity index (χ1v) is 9.70. The van der Waals surface area contributed by atoms with Gasteiger partial charge in [-0.2, -0.15) is 0 Å². The van der Waals surface area contributed by atoms with E-state index in [-0.39, 0.29) is 24.4 Å². The molecule has 0 bridgehead atoms. The number of amides is 1. The van der Waals surface area contributed by atoms with Crippen LogP contribution in [0.2, 0.25) is 0 Å². The molecule has 0 aromatic heterocycles. The van der Waals surface area contributed by atoms with Crippen molar-refractivity contribution in [2.75, 3.05) is 31.7 Å². The molecule has 156 valence electrons. The van der Waals surface area contributed by atoms with E-state index in [0.717, 1.165) is 19.4 Å². The first-order chi connectivity index (χ1) is 14.6. The Morgan fingerprint density at radius 3 is 2.67 bits per heavy atom. The summed E-state index contributed by atoms with van der Waals surface area (Å²) in [7, 11) is 0. The van der Waals surface area contributed by atoms with Crippen LogP contribution in [0.15, 0.2) is 42.5 Å². The van der Waals surface area contributed by atoms with Gasteiger partial charge >= 0.3 is 5.97 Å². The minimum atomic E-state index is -0.608. The van der Waals surface area contributed by atoms with Gasteiger partial charge in [0.1, 0.15) is 18.1 Å². The predicted octanol–water partition coefficient (Wildman–Crippen LogP) is 2.62. The zero-order valence-electron chi connectivity index (χ0n) is 16.2. The van der Waals surface area contributed by atoms with Crippen LogP contribution in [0.25, 0.3) is 0 Å². The average molecular weight is 411 g/mol. The Morgan fingerprint density at radius 2 is 1.90 bits per heavy atom. The van der Waals surface area contributed by atoms with Crippen LogP contribution in [0.4, 0.5) is 5.69 Å². The first kappa shape index (κ1) is 19.9. The molecule has 1 saturated heterocycles. The summed E-state index contributed by atoms with van der Waals surface area (Å²) in [6, 6.07) is 11.2. The maximum absolute atomic E-state index is 12.4. The number of hydrogen-bond donors (Lipinski definition) is 1. The highest BCUT2D eigenvalue weighted by Crippen LogP contribution is 2.28. The van der Waals surface area contributed by atoms with E-state index < -0.39 is 12.6 Å². The Hall–Kier alpha value is -3.39. The van der Waals surface area contributed by atoms with Crippen LogP contribution in [-0.4, -0.2) is 50.2 Å². The number of hydrogen-bond acceptors (Lipinski definition) is 7. The molecule has 8 nitrogen and oxygen atoms in total. The molecule has 2 aromatic carbocycles. The molecule has 2 aromatic rings. The van der Waals surface area contributed by atoms with Crippen molar-refractivity contribution in [3.05, 3.63) is 53.6 Å². The highest BCUT2D eigenvalue weighted by molar-refractivity contribution is 6.02. The number of rotatable bonds is 7. The van der Waals surface area contributed by atoms with Gasteiger partial charge in [-0.15, -0.1) is 0 Å². The molecule has 1 fully saturated rings. The minimum Gasteiger partial charge on any atom is -0.491 e. The summed E-state index contributed by atoms with van der Waals surface area (Å²) in [6.45, 7) is 0.774. The van der Waals surface area contributed by atoms with Crippen molar-refractivity contribution in [1.29, 1.82) is 0 Å². The number of ether oxygens (including phenoxy) is 4. The van der Waals surface area contributed by atoms with Crippen LogP contribution >= 0.6 is 0 Å². The Labute approximate surface area is 173 Å². The Kier molecular flexibility index (Phi) is 5.94. The third-order valence-corrected chi connectivity index (χ3v) is 4.82.